The van der Waals surface area contributed by atoms with Gasteiger partial charge in [-0.2, -0.15) is 4.98 Å². The van der Waals surface area contributed by atoms with E-state index in [2.05, 4.69) is 20.9 Å². The number of nitrogens with two attached hydrogens (primary N) is 1. The third-order valence-corrected chi connectivity index (χ3v) is 2.19. The molecule has 0 unspecified atom stereocenters. The predicted molar refractivity (Wildman–Crippen MR) is 50.9 cm³/mol. The largest absolute Gasteiger partial charge is 0.422 e. The number of hydrogen-bond acceptors (Lipinski definition) is 3. The van der Waals surface area contributed by atoms with Crippen molar-refractivity contribution in [3.8, 4) is 0 Å². The fourth-order valence-corrected chi connectivity index (χ4v) is 1.79. The second-order valence-electron chi connectivity index (χ2n) is 2.65. The van der Waals surface area contributed by atoms with Crippen molar-refractivity contribution in [3.05, 3.63) is 22.2 Å². The minimum Gasteiger partial charge on any atom is -0.422 e. The van der Waals surface area contributed by atoms with Crippen molar-refractivity contribution in [2.45, 2.75) is 6.92 Å². The minimum absolute atomic E-state index is 0.205. The molecule has 0 saturated carbocycles. The third kappa shape index (κ3) is 1.08. The van der Waals surface area contributed by atoms with Gasteiger partial charge in [0.1, 0.15) is 5.52 Å². The van der Waals surface area contributed by atoms with E-state index in [1.54, 1.807) is 0 Å². The van der Waals surface area contributed by atoms with Crippen molar-refractivity contribution in [2.24, 2.45) is 0 Å². The lowest BCUT2D eigenvalue weighted by molar-refractivity contribution is 0.624. The number of fused-ring (bicyclic) bond motifs is 1. The van der Waals surface area contributed by atoms with E-state index in [-0.39, 0.29) is 6.01 Å². The van der Waals surface area contributed by atoms with Crippen molar-refractivity contribution in [1.82, 2.24) is 4.98 Å². The highest BCUT2D eigenvalue weighted by Gasteiger charge is 2.06. The molecule has 0 bridgehead atoms. The molecule has 0 aliphatic heterocycles. The zero-order valence-electron chi connectivity index (χ0n) is 6.47. The Hall–Kier alpha value is -1.03. The number of aryl methyl sites for hydroxylation is 1. The molecule has 0 spiro atoms. The van der Waals surface area contributed by atoms with Crippen LogP contribution in [0, 0.1) is 6.92 Å². The second kappa shape index (κ2) is 2.48. The van der Waals surface area contributed by atoms with Gasteiger partial charge in [0.05, 0.1) is 4.47 Å². The molecular weight excluding hydrogens is 220 g/mol. The maximum atomic E-state index is 5.41. The van der Waals surface area contributed by atoms with Crippen molar-refractivity contribution in [3.63, 3.8) is 0 Å². The van der Waals surface area contributed by atoms with E-state index in [1.165, 1.54) is 0 Å². The third-order valence-electron chi connectivity index (χ3n) is 1.61. The van der Waals surface area contributed by atoms with Crippen molar-refractivity contribution in [1.29, 1.82) is 0 Å². The van der Waals surface area contributed by atoms with Crippen LogP contribution in [0.4, 0.5) is 6.01 Å². The number of nitrogens with zero attached hydrogens (tertiary/aromatic N) is 1. The summed E-state index contributed by atoms with van der Waals surface area (Å²) in [5, 5.41) is 0. The van der Waals surface area contributed by atoms with Crippen LogP contribution < -0.4 is 5.73 Å². The summed E-state index contributed by atoms with van der Waals surface area (Å²) in [7, 11) is 0. The first-order valence-corrected chi connectivity index (χ1v) is 4.28. The number of anilines is 1. The van der Waals surface area contributed by atoms with Crippen LogP contribution in [0.5, 0.6) is 0 Å². The van der Waals surface area contributed by atoms with Gasteiger partial charge in [-0.15, -0.1) is 0 Å². The zero-order chi connectivity index (χ0) is 8.72. The second-order valence-corrected chi connectivity index (χ2v) is 3.50. The van der Waals surface area contributed by atoms with Gasteiger partial charge in [-0.1, -0.05) is 0 Å². The highest BCUT2D eigenvalue weighted by Crippen LogP contribution is 2.26. The molecule has 2 N–H and O–H groups in total. The molecule has 0 fully saturated rings. The molecule has 1 aromatic heterocycles. The number of benzene rings is 1. The normalized spacial score (nSPS) is 10.8. The first-order valence-electron chi connectivity index (χ1n) is 3.49. The van der Waals surface area contributed by atoms with E-state index in [0.29, 0.717) is 5.58 Å². The van der Waals surface area contributed by atoms with Crippen LogP contribution >= 0.6 is 15.9 Å². The van der Waals surface area contributed by atoms with Crippen LogP contribution in [0.1, 0.15) is 5.56 Å². The molecule has 0 radical (unpaired) electrons. The van der Waals surface area contributed by atoms with Gasteiger partial charge in [0.2, 0.25) is 0 Å². The molecule has 0 atom stereocenters. The molecule has 0 aliphatic rings. The zero-order valence-corrected chi connectivity index (χ0v) is 8.05. The summed E-state index contributed by atoms with van der Waals surface area (Å²) in [6, 6.07) is 4.10. The molecule has 3 nitrogen and oxygen atoms in total. The van der Waals surface area contributed by atoms with Crippen molar-refractivity contribution < 1.29 is 4.42 Å². The average Bonchev–Trinajstić information content (AvgIpc) is 2.29. The van der Waals surface area contributed by atoms with E-state index in [1.807, 2.05) is 19.1 Å². The molecule has 2 rings (SSSR count). The van der Waals surface area contributed by atoms with Gasteiger partial charge < -0.3 is 10.2 Å². The number of hydrogen-bond donors (Lipinski definition) is 1. The standard InChI is InChI=1S/C8H7BrN2O/c1-4-2-5(9)7-6(3-4)11-8(10)12-7/h2-3H,1H3,(H2,10,11). The average molecular weight is 227 g/mol. The van der Waals surface area contributed by atoms with Gasteiger partial charge in [-0.25, -0.2) is 0 Å². The lowest BCUT2D eigenvalue weighted by atomic mass is 10.2. The van der Waals surface area contributed by atoms with E-state index < -0.39 is 0 Å². The Morgan fingerprint density at radius 1 is 1.50 bits per heavy atom. The molecule has 1 heterocycles. The van der Waals surface area contributed by atoms with Crippen molar-refractivity contribution >= 4 is 33.0 Å². The van der Waals surface area contributed by atoms with Crippen LogP contribution in [0.3, 0.4) is 0 Å². The number of rotatable bonds is 0. The fraction of sp³-hybridized carbons (Fsp3) is 0.125. The van der Waals surface area contributed by atoms with Gasteiger partial charge in [-0.3, -0.25) is 0 Å². The lowest BCUT2D eigenvalue weighted by Gasteiger charge is -1.93. The Labute approximate surface area is 77.7 Å². The summed E-state index contributed by atoms with van der Waals surface area (Å²) in [5.41, 5.74) is 8.04. The van der Waals surface area contributed by atoms with E-state index >= 15 is 0 Å². The van der Waals surface area contributed by atoms with Gasteiger partial charge in [0.25, 0.3) is 6.01 Å². The molecule has 62 valence electrons. The summed E-state index contributed by atoms with van der Waals surface area (Å²) in [6.07, 6.45) is 0. The number of nitrogen functional groups attached to an aromatic ring is 1. The Kier molecular flexibility index (Phi) is 1.58. The Balaban J connectivity index is 2.88. The molecular formula is C8H7BrN2O. The Bertz CT molecular complexity index is 436. The van der Waals surface area contributed by atoms with E-state index in [4.69, 9.17) is 10.2 Å². The monoisotopic (exact) mass is 226 g/mol. The van der Waals surface area contributed by atoms with Gasteiger partial charge in [0, 0.05) is 0 Å². The summed E-state index contributed by atoms with van der Waals surface area (Å²) >= 11 is 3.37. The Morgan fingerprint density at radius 3 is 3.00 bits per heavy atom. The minimum atomic E-state index is 0.205. The summed E-state index contributed by atoms with van der Waals surface area (Å²) in [5.74, 6) is 0. The van der Waals surface area contributed by atoms with Gasteiger partial charge in [0.15, 0.2) is 5.58 Å². The highest BCUT2D eigenvalue weighted by molar-refractivity contribution is 9.10. The smallest absolute Gasteiger partial charge is 0.293 e. The Morgan fingerprint density at radius 2 is 2.25 bits per heavy atom. The molecule has 0 saturated heterocycles. The molecule has 0 aliphatic carbocycles. The predicted octanol–water partition coefficient (Wildman–Crippen LogP) is 2.48. The van der Waals surface area contributed by atoms with Gasteiger partial charge in [-0.05, 0) is 40.5 Å². The lowest BCUT2D eigenvalue weighted by Crippen LogP contribution is -1.80. The van der Waals surface area contributed by atoms with Crippen LogP contribution in [0.2, 0.25) is 0 Å². The first kappa shape index (κ1) is 7.61. The number of halogens is 1. The maximum Gasteiger partial charge on any atom is 0.293 e. The quantitative estimate of drug-likeness (QED) is 0.752. The van der Waals surface area contributed by atoms with E-state index in [9.17, 15) is 0 Å². The summed E-state index contributed by atoms with van der Waals surface area (Å²) in [4.78, 5) is 4.02. The van der Waals surface area contributed by atoms with E-state index in [0.717, 1.165) is 15.6 Å². The maximum absolute atomic E-state index is 5.41. The number of oxazole rings is 1. The summed E-state index contributed by atoms with van der Waals surface area (Å²) < 4.78 is 6.06. The van der Waals surface area contributed by atoms with Crippen LogP contribution in [-0.4, -0.2) is 4.98 Å². The molecule has 2 aromatic rings. The van der Waals surface area contributed by atoms with Crippen LogP contribution in [0.25, 0.3) is 11.1 Å². The van der Waals surface area contributed by atoms with Crippen LogP contribution in [-0.2, 0) is 0 Å². The SMILES string of the molecule is Cc1cc(Br)c2oc(N)nc2c1. The highest BCUT2D eigenvalue weighted by atomic mass is 79.9. The summed E-state index contributed by atoms with van der Waals surface area (Å²) in [6.45, 7) is 2.00. The van der Waals surface area contributed by atoms with Crippen LogP contribution in [0.15, 0.2) is 21.0 Å². The number of aromatic nitrogens is 1. The van der Waals surface area contributed by atoms with Crippen molar-refractivity contribution in [2.75, 3.05) is 5.73 Å². The van der Waals surface area contributed by atoms with Gasteiger partial charge >= 0.3 is 0 Å². The molecule has 0 amide bonds. The fourth-order valence-electron chi connectivity index (χ4n) is 1.14. The topological polar surface area (TPSA) is 52.0 Å². The first-order chi connectivity index (χ1) is 5.66. The molecule has 12 heavy (non-hydrogen) atoms. The molecule has 4 heteroatoms. The molecule has 1 aromatic carbocycles.